The summed E-state index contributed by atoms with van der Waals surface area (Å²) in [4.78, 5) is 2.50. The highest BCUT2D eigenvalue weighted by Crippen LogP contribution is 2.28. The van der Waals surface area contributed by atoms with Crippen LogP contribution in [-0.4, -0.2) is 18.0 Å². The van der Waals surface area contributed by atoms with Crippen LogP contribution in [-0.2, 0) is 6.54 Å². The van der Waals surface area contributed by atoms with Gasteiger partial charge in [0.1, 0.15) is 0 Å². The first-order chi connectivity index (χ1) is 8.19. The Bertz CT molecular complexity index is 376. The van der Waals surface area contributed by atoms with Crippen molar-refractivity contribution in [1.29, 1.82) is 0 Å². The van der Waals surface area contributed by atoms with Crippen LogP contribution in [0.25, 0.3) is 0 Å². The molecule has 1 aromatic carbocycles. The summed E-state index contributed by atoms with van der Waals surface area (Å²) in [5, 5.41) is 0.867. The van der Waals surface area contributed by atoms with E-state index in [4.69, 9.17) is 11.6 Å². The van der Waals surface area contributed by atoms with Crippen molar-refractivity contribution in [2.45, 2.75) is 32.7 Å². The molecule has 3 heteroatoms. The Labute approximate surface area is 117 Å². The summed E-state index contributed by atoms with van der Waals surface area (Å²) in [6.07, 6.45) is 4.23. The lowest BCUT2D eigenvalue weighted by atomic mass is 9.85. The Morgan fingerprint density at radius 2 is 2.18 bits per heavy atom. The van der Waals surface area contributed by atoms with Crippen molar-refractivity contribution >= 4 is 27.5 Å². The topological polar surface area (TPSA) is 3.24 Å². The van der Waals surface area contributed by atoms with Gasteiger partial charge in [-0.25, -0.2) is 0 Å². The molecule has 1 aliphatic rings. The first-order valence-corrected chi connectivity index (χ1v) is 7.52. The summed E-state index contributed by atoms with van der Waals surface area (Å²) >= 11 is 9.70. The summed E-state index contributed by atoms with van der Waals surface area (Å²) in [7, 11) is 0. The minimum atomic E-state index is 0.867. The van der Waals surface area contributed by atoms with E-state index in [9.17, 15) is 0 Å². The van der Waals surface area contributed by atoms with Crippen LogP contribution in [0.5, 0.6) is 0 Å². The van der Waals surface area contributed by atoms with Crippen LogP contribution in [0.15, 0.2) is 22.7 Å². The molecule has 0 atom stereocenters. The summed E-state index contributed by atoms with van der Waals surface area (Å²) in [6, 6.07) is 6.17. The van der Waals surface area contributed by atoms with Crippen LogP contribution in [0.1, 0.15) is 31.7 Å². The molecule has 1 nitrogen and oxygen atoms in total. The Hall–Kier alpha value is -0.0500. The molecule has 1 aliphatic carbocycles. The normalized spacial score (nSPS) is 16.2. The summed E-state index contributed by atoms with van der Waals surface area (Å²) < 4.78 is 1.05. The molecule has 0 heterocycles. The van der Waals surface area contributed by atoms with E-state index in [1.165, 1.54) is 31.4 Å². The zero-order chi connectivity index (χ0) is 12.3. The third kappa shape index (κ3) is 3.70. The molecule has 0 unspecified atom stereocenters. The fourth-order valence-corrected chi connectivity index (χ4v) is 2.97. The first kappa shape index (κ1) is 13.4. The maximum atomic E-state index is 6.26. The summed E-state index contributed by atoms with van der Waals surface area (Å²) in [5.74, 6) is 0.921. The lowest BCUT2D eigenvalue weighted by Gasteiger charge is -2.32. The SMILES string of the molecule is CCN(Cc1ccc(Br)cc1Cl)CC1CCC1. The van der Waals surface area contributed by atoms with Crippen molar-refractivity contribution in [3.63, 3.8) is 0 Å². The molecule has 0 N–H and O–H groups in total. The van der Waals surface area contributed by atoms with E-state index in [1.54, 1.807) is 0 Å². The zero-order valence-corrected chi connectivity index (χ0v) is 12.6. The quantitative estimate of drug-likeness (QED) is 0.759. The second kappa shape index (κ2) is 6.21. The van der Waals surface area contributed by atoms with Gasteiger partial charge in [-0.05, 0) is 43.0 Å². The van der Waals surface area contributed by atoms with Crippen LogP contribution in [0.3, 0.4) is 0 Å². The Balaban J connectivity index is 1.96. The van der Waals surface area contributed by atoms with Gasteiger partial charge < -0.3 is 0 Å². The maximum Gasteiger partial charge on any atom is 0.0462 e. The van der Waals surface area contributed by atoms with Gasteiger partial charge in [0, 0.05) is 22.6 Å². The standard InChI is InChI=1S/C14H19BrClN/c1-2-17(9-11-4-3-5-11)10-12-6-7-13(15)8-14(12)16/h6-8,11H,2-5,9-10H2,1H3. The fraction of sp³-hybridized carbons (Fsp3) is 0.571. The minimum absolute atomic E-state index is 0.867. The van der Waals surface area contributed by atoms with Gasteiger partial charge in [-0.2, -0.15) is 0 Å². The average molecular weight is 317 g/mol. The lowest BCUT2D eigenvalue weighted by Crippen LogP contribution is -2.32. The zero-order valence-electron chi connectivity index (χ0n) is 10.3. The number of nitrogens with zero attached hydrogens (tertiary/aromatic N) is 1. The van der Waals surface area contributed by atoms with E-state index in [0.717, 1.165) is 28.5 Å². The van der Waals surface area contributed by atoms with Gasteiger partial charge in [-0.3, -0.25) is 4.90 Å². The molecule has 0 saturated heterocycles. The molecular formula is C14H19BrClN. The first-order valence-electron chi connectivity index (χ1n) is 6.35. The molecular weight excluding hydrogens is 298 g/mol. The summed E-state index contributed by atoms with van der Waals surface area (Å²) in [5.41, 5.74) is 1.23. The number of hydrogen-bond acceptors (Lipinski definition) is 1. The van der Waals surface area contributed by atoms with Crippen molar-refractivity contribution < 1.29 is 0 Å². The molecule has 0 radical (unpaired) electrons. The highest BCUT2D eigenvalue weighted by Gasteiger charge is 2.20. The molecule has 0 amide bonds. The van der Waals surface area contributed by atoms with Crippen LogP contribution in [0, 0.1) is 5.92 Å². The second-order valence-corrected chi connectivity index (χ2v) is 6.18. The summed E-state index contributed by atoms with van der Waals surface area (Å²) in [6.45, 7) is 5.52. The maximum absolute atomic E-state index is 6.26. The average Bonchev–Trinajstić information content (AvgIpc) is 2.24. The van der Waals surface area contributed by atoms with E-state index in [1.807, 2.05) is 6.07 Å². The van der Waals surface area contributed by atoms with Gasteiger partial charge in [0.25, 0.3) is 0 Å². The molecule has 1 saturated carbocycles. The Kier molecular flexibility index (Phi) is 4.89. The minimum Gasteiger partial charge on any atom is -0.299 e. The van der Waals surface area contributed by atoms with Crippen molar-refractivity contribution in [3.05, 3.63) is 33.3 Å². The molecule has 0 bridgehead atoms. The number of halogens is 2. The fourth-order valence-electron chi connectivity index (χ4n) is 2.24. The predicted molar refractivity (Wildman–Crippen MR) is 77.4 cm³/mol. The van der Waals surface area contributed by atoms with E-state index in [2.05, 4.69) is 39.9 Å². The molecule has 2 rings (SSSR count). The van der Waals surface area contributed by atoms with Crippen molar-refractivity contribution in [1.82, 2.24) is 4.90 Å². The number of hydrogen-bond donors (Lipinski definition) is 0. The van der Waals surface area contributed by atoms with E-state index < -0.39 is 0 Å². The molecule has 0 spiro atoms. The highest BCUT2D eigenvalue weighted by atomic mass is 79.9. The van der Waals surface area contributed by atoms with E-state index in [-0.39, 0.29) is 0 Å². The Morgan fingerprint density at radius 3 is 2.71 bits per heavy atom. The number of rotatable bonds is 5. The third-order valence-corrected chi connectivity index (χ3v) is 4.44. The molecule has 17 heavy (non-hydrogen) atoms. The Morgan fingerprint density at radius 1 is 1.41 bits per heavy atom. The molecule has 0 aliphatic heterocycles. The van der Waals surface area contributed by atoms with Crippen LogP contribution in [0.4, 0.5) is 0 Å². The second-order valence-electron chi connectivity index (χ2n) is 4.86. The van der Waals surface area contributed by atoms with Gasteiger partial charge in [0.05, 0.1) is 0 Å². The van der Waals surface area contributed by atoms with Crippen molar-refractivity contribution in [2.24, 2.45) is 5.92 Å². The van der Waals surface area contributed by atoms with Gasteiger partial charge in [-0.1, -0.05) is 46.9 Å². The van der Waals surface area contributed by atoms with Crippen molar-refractivity contribution in [3.8, 4) is 0 Å². The largest absolute Gasteiger partial charge is 0.299 e. The number of benzene rings is 1. The highest BCUT2D eigenvalue weighted by molar-refractivity contribution is 9.10. The van der Waals surface area contributed by atoms with Crippen molar-refractivity contribution in [2.75, 3.05) is 13.1 Å². The lowest BCUT2D eigenvalue weighted by molar-refractivity contribution is 0.178. The third-order valence-electron chi connectivity index (χ3n) is 3.60. The van der Waals surface area contributed by atoms with Gasteiger partial charge in [0.2, 0.25) is 0 Å². The molecule has 94 valence electrons. The van der Waals surface area contributed by atoms with Gasteiger partial charge in [0.15, 0.2) is 0 Å². The molecule has 1 fully saturated rings. The molecule has 1 aromatic rings. The van der Waals surface area contributed by atoms with E-state index >= 15 is 0 Å². The van der Waals surface area contributed by atoms with Crippen LogP contribution >= 0.6 is 27.5 Å². The smallest absolute Gasteiger partial charge is 0.0462 e. The van der Waals surface area contributed by atoms with Crippen LogP contribution < -0.4 is 0 Å². The van der Waals surface area contributed by atoms with Crippen LogP contribution in [0.2, 0.25) is 5.02 Å². The van der Waals surface area contributed by atoms with Gasteiger partial charge >= 0.3 is 0 Å². The van der Waals surface area contributed by atoms with Gasteiger partial charge in [-0.15, -0.1) is 0 Å². The van der Waals surface area contributed by atoms with E-state index in [0.29, 0.717) is 0 Å². The predicted octanol–water partition coefficient (Wildman–Crippen LogP) is 4.72. The molecule has 0 aromatic heterocycles. The monoisotopic (exact) mass is 315 g/mol.